The monoisotopic (exact) mass is 393 g/mol. The summed E-state index contributed by atoms with van der Waals surface area (Å²) in [5.41, 5.74) is 3.13. The van der Waals surface area contributed by atoms with Crippen LogP contribution in [-0.4, -0.2) is 35.4 Å². The summed E-state index contributed by atoms with van der Waals surface area (Å²) in [6, 6.07) is 14.9. The van der Waals surface area contributed by atoms with Crippen LogP contribution in [0.4, 0.5) is 5.69 Å². The number of benzene rings is 2. The summed E-state index contributed by atoms with van der Waals surface area (Å²) in [6.45, 7) is 2.41. The maximum absolute atomic E-state index is 12.5. The number of methoxy groups -OCH3 is 1. The summed E-state index contributed by atoms with van der Waals surface area (Å²) in [5, 5.41) is 7.13. The molecular formula is C22H23N3O4. The number of aromatic nitrogens is 2. The molecule has 0 atom stereocenters. The number of amides is 1. The highest BCUT2D eigenvalue weighted by Crippen LogP contribution is 2.18. The maximum atomic E-state index is 12.5. The van der Waals surface area contributed by atoms with Crippen LogP contribution in [0.5, 0.6) is 5.75 Å². The standard InChI is InChI=1S/C22H23N3O4/c1-16-6-3-4-7-20(16)25-15-17(14-23-25)22(27)24-18-9-11-19(12-10-18)29-13-5-8-21(26)28-2/h3-4,6-7,9-12,14-15H,5,8,13H2,1-2H3,(H,24,27). The number of rotatable bonds is 8. The van der Waals surface area contributed by atoms with E-state index < -0.39 is 0 Å². The van der Waals surface area contributed by atoms with Gasteiger partial charge in [0.25, 0.3) is 5.91 Å². The van der Waals surface area contributed by atoms with Crippen molar-refractivity contribution in [2.24, 2.45) is 0 Å². The number of aryl methyl sites for hydroxylation is 1. The summed E-state index contributed by atoms with van der Waals surface area (Å²) in [6.07, 6.45) is 4.15. The highest BCUT2D eigenvalue weighted by atomic mass is 16.5. The second-order valence-electron chi connectivity index (χ2n) is 6.47. The quantitative estimate of drug-likeness (QED) is 0.465. The SMILES string of the molecule is COC(=O)CCCOc1ccc(NC(=O)c2cnn(-c3ccccc3C)c2)cc1. The number of hydrogen-bond acceptors (Lipinski definition) is 5. The Hall–Kier alpha value is -3.61. The van der Waals surface area contributed by atoms with E-state index in [1.54, 1.807) is 41.3 Å². The molecule has 7 heteroatoms. The molecule has 3 aromatic rings. The zero-order valence-electron chi connectivity index (χ0n) is 16.4. The third kappa shape index (κ3) is 5.44. The average Bonchev–Trinajstić information content (AvgIpc) is 3.22. The van der Waals surface area contributed by atoms with Crippen molar-refractivity contribution in [3.05, 3.63) is 72.1 Å². The van der Waals surface area contributed by atoms with Crippen LogP contribution in [0.25, 0.3) is 5.69 Å². The molecule has 0 radical (unpaired) electrons. The molecule has 0 saturated carbocycles. The summed E-state index contributed by atoms with van der Waals surface area (Å²) in [4.78, 5) is 23.6. The van der Waals surface area contributed by atoms with Crippen LogP contribution < -0.4 is 10.1 Å². The molecule has 0 unspecified atom stereocenters. The van der Waals surface area contributed by atoms with Gasteiger partial charge in [-0.15, -0.1) is 0 Å². The first-order chi connectivity index (χ1) is 14.1. The smallest absolute Gasteiger partial charge is 0.305 e. The number of nitrogens with zero attached hydrogens (tertiary/aromatic N) is 2. The van der Waals surface area contributed by atoms with E-state index in [0.29, 0.717) is 36.4 Å². The van der Waals surface area contributed by atoms with Gasteiger partial charge in [-0.3, -0.25) is 9.59 Å². The molecule has 0 spiro atoms. The topological polar surface area (TPSA) is 82.4 Å². The predicted molar refractivity (Wildman–Crippen MR) is 109 cm³/mol. The van der Waals surface area contributed by atoms with Gasteiger partial charge in [0, 0.05) is 18.3 Å². The van der Waals surface area contributed by atoms with Crippen LogP contribution in [0.15, 0.2) is 60.9 Å². The van der Waals surface area contributed by atoms with Crippen molar-refractivity contribution >= 4 is 17.6 Å². The molecule has 0 aliphatic heterocycles. The molecule has 150 valence electrons. The molecule has 0 aliphatic carbocycles. The van der Waals surface area contributed by atoms with Gasteiger partial charge in [-0.05, 0) is 49.2 Å². The molecule has 3 rings (SSSR count). The minimum Gasteiger partial charge on any atom is -0.494 e. The van der Waals surface area contributed by atoms with E-state index >= 15 is 0 Å². The summed E-state index contributed by atoms with van der Waals surface area (Å²) < 4.78 is 11.8. The van der Waals surface area contributed by atoms with Crippen molar-refractivity contribution in [3.63, 3.8) is 0 Å². The van der Waals surface area contributed by atoms with Crippen LogP contribution in [0.1, 0.15) is 28.8 Å². The Morgan fingerprint density at radius 3 is 2.59 bits per heavy atom. The molecule has 1 aromatic heterocycles. The van der Waals surface area contributed by atoms with Gasteiger partial charge in [-0.1, -0.05) is 18.2 Å². The summed E-state index contributed by atoms with van der Waals surface area (Å²) in [5.74, 6) is 0.175. The lowest BCUT2D eigenvalue weighted by Crippen LogP contribution is -2.11. The van der Waals surface area contributed by atoms with Crippen LogP contribution in [0.3, 0.4) is 0 Å². The zero-order valence-corrected chi connectivity index (χ0v) is 16.4. The molecular weight excluding hydrogens is 370 g/mol. The fraction of sp³-hybridized carbons (Fsp3) is 0.227. The molecule has 1 N–H and O–H groups in total. The van der Waals surface area contributed by atoms with Gasteiger partial charge in [-0.2, -0.15) is 5.10 Å². The Kier molecular flexibility index (Phi) is 6.63. The minimum absolute atomic E-state index is 0.239. The number of ether oxygens (including phenoxy) is 2. The number of hydrogen-bond donors (Lipinski definition) is 1. The molecule has 0 bridgehead atoms. The largest absolute Gasteiger partial charge is 0.494 e. The van der Waals surface area contributed by atoms with Gasteiger partial charge in [0.1, 0.15) is 5.75 Å². The first-order valence-corrected chi connectivity index (χ1v) is 9.28. The molecule has 29 heavy (non-hydrogen) atoms. The highest BCUT2D eigenvalue weighted by molar-refractivity contribution is 6.04. The van der Waals surface area contributed by atoms with Crippen molar-refractivity contribution < 1.29 is 19.1 Å². The lowest BCUT2D eigenvalue weighted by Gasteiger charge is -2.08. The third-order valence-corrected chi connectivity index (χ3v) is 4.34. The second kappa shape index (κ2) is 9.54. The fourth-order valence-corrected chi connectivity index (χ4v) is 2.74. The van der Waals surface area contributed by atoms with Gasteiger partial charge in [0.15, 0.2) is 0 Å². The van der Waals surface area contributed by atoms with E-state index in [2.05, 4.69) is 15.2 Å². The van der Waals surface area contributed by atoms with E-state index in [4.69, 9.17) is 4.74 Å². The second-order valence-corrected chi connectivity index (χ2v) is 6.47. The van der Waals surface area contributed by atoms with Crippen LogP contribution in [0, 0.1) is 6.92 Å². The molecule has 0 saturated heterocycles. The predicted octanol–water partition coefficient (Wildman–Crippen LogP) is 3.77. The number of esters is 1. The fourth-order valence-electron chi connectivity index (χ4n) is 2.74. The van der Waals surface area contributed by atoms with E-state index in [9.17, 15) is 9.59 Å². The van der Waals surface area contributed by atoms with Gasteiger partial charge in [-0.25, -0.2) is 4.68 Å². The van der Waals surface area contributed by atoms with Crippen molar-refractivity contribution in [1.82, 2.24) is 9.78 Å². The lowest BCUT2D eigenvalue weighted by molar-refractivity contribution is -0.140. The molecule has 1 heterocycles. The van der Waals surface area contributed by atoms with Crippen LogP contribution >= 0.6 is 0 Å². The van der Waals surface area contributed by atoms with Gasteiger partial charge < -0.3 is 14.8 Å². The lowest BCUT2D eigenvalue weighted by atomic mass is 10.2. The highest BCUT2D eigenvalue weighted by Gasteiger charge is 2.11. The Morgan fingerprint density at radius 1 is 1.10 bits per heavy atom. The normalized spacial score (nSPS) is 10.4. The molecule has 1 amide bonds. The van der Waals surface area contributed by atoms with Crippen molar-refractivity contribution in [3.8, 4) is 11.4 Å². The zero-order chi connectivity index (χ0) is 20.6. The Morgan fingerprint density at radius 2 is 1.86 bits per heavy atom. The van der Waals surface area contributed by atoms with Crippen molar-refractivity contribution in [2.75, 3.05) is 19.0 Å². The Bertz CT molecular complexity index is 980. The first-order valence-electron chi connectivity index (χ1n) is 9.28. The van der Waals surface area contributed by atoms with E-state index in [-0.39, 0.29) is 11.9 Å². The number of para-hydroxylation sites is 1. The van der Waals surface area contributed by atoms with Gasteiger partial charge in [0.05, 0.1) is 31.2 Å². The average molecular weight is 393 g/mol. The van der Waals surface area contributed by atoms with E-state index in [1.165, 1.54) is 7.11 Å². The number of carbonyl (C=O) groups is 2. The first kappa shape index (κ1) is 20.1. The number of anilines is 1. The minimum atomic E-state index is -0.252. The van der Waals surface area contributed by atoms with Crippen LogP contribution in [0.2, 0.25) is 0 Å². The van der Waals surface area contributed by atoms with E-state index in [1.807, 2.05) is 31.2 Å². The van der Waals surface area contributed by atoms with Crippen molar-refractivity contribution in [1.29, 1.82) is 0 Å². The molecule has 0 fully saturated rings. The third-order valence-electron chi connectivity index (χ3n) is 4.34. The molecule has 7 nitrogen and oxygen atoms in total. The summed E-state index contributed by atoms with van der Waals surface area (Å²) >= 11 is 0. The Balaban J connectivity index is 1.54. The molecule has 2 aromatic carbocycles. The number of carbonyl (C=O) groups excluding carboxylic acids is 2. The number of nitrogens with one attached hydrogen (secondary N) is 1. The van der Waals surface area contributed by atoms with Gasteiger partial charge >= 0.3 is 5.97 Å². The van der Waals surface area contributed by atoms with E-state index in [0.717, 1.165) is 11.3 Å². The van der Waals surface area contributed by atoms with Gasteiger partial charge in [0.2, 0.25) is 0 Å². The maximum Gasteiger partial charge on any atom is 0.305 e. The summed E-state index contributed by atoms with van der Waals surface area (Å²) in [7, 11) is 1.36. The van der Waals surface area contributed by atoms with Crippen LogP contribution in [-0.2, 0) is 9.53 Å². The Labute approximate surface area is 169 Å². The molecule has 0 aliphatic rings. The van der Waals surface area contributed by atoms with Crippen molar-refractivity contribution in [2.45, 2.75) is 19.8 Å².